The summed E-state index contributed by atoms with van der Waals surface area (Å²) < 4.78 is 26.2. The molecular weight excluding hydrogens is 214 g/mol. The molecule has 82 valence electrons. The maximum absolute atomic E-state index is 11.8. The van der Waals surface area contributed by atoms with E-state index in [2.05, 4.69) is 4.72 Å². The molecule has 5 heteroatoms. The fourth-order valence-electron chi connectivity index (χ4n) is 1.39. The van der Waals surface area contributed by atoms with E-state index in [1.807, 2.05) is 0 Å². The summed E-state index contributed by atoms with van der Waals surface area (Å²) in [7, 11) is -3.48. The molecule has 1 aliphatic rings. The summed E-state index contributed by atoms with van der Waals surface area (Å²) in [4.78, 5) is 0.240. The highest BCUT2D eigenvalue weighted by Gasteiger charge is 2.45. The van der Waals surface area contributed by atoms with Gasteiger partial charge in [-0.25, -0.2) is 13.1 Å². The summed E-state index contributed by atoms with van der Waals surface area (Å²) in [6.07, 6.45) is 1.41. The molecule has 0 bridgehead atoms. The first kappa shape index (κ1) is 10.6. The number of hydrogen-bond donors (Lipinski definition) is 2. The average Bonchev–Trinajstić information content (AvgIpc) is 2.99. The Morgan fingerprint density at radius 1 is 1.27 bits per heavy atom. The first-order chi connectivity index (χ1) is 7.08. The molecule has 15 heavy (non-hydrogen) atoms. The van der Waals surface area contributed by atoms with Gasteiger partial charge >= 0.3 is 0 Å². The van der Waals surface area contributed by atoms with E-state index in [0.29, 0.717) is 12.8 Å². The lowest BCUT2D eigenvalue weighted by Crippen LogP contribution is -2.39. The summed E-state index contributed by atoms with van der Waals surface area (Å²) in [6.45, 7) is -0.140. The van der Waals surface area contributed by atoms with E-state index in [1.165, 1.54) is 12.1 Å². The lowest BCUT2D eigenvalue weighted by molar-refractivity contribution is 0.246. The standard InChI is InChI=1S/C10H13NO3S/c12-8-10(6-7-10)11-15(13,14)9-4-2-1-3-5-9/h1-5,11-12H,6-8H2. The molecule has 0 aromatic heterocycles. The Morgan fingerprint density at radius 3 is 2.33 bits per heavy atom. The molecule has 2 N–H and O–H groups in total. The van der Waals surface area contributed by atoms with Crippen LogP contribution in [0.25, 0.3) is 0 Å². The van der Waals surface area contributed by atoms with Gasteiger partial charge in [-0.1, -0.05) is 18.2 Å². The van der Waals surface area contributed by atoms with Crippen LogP contribution < -0.4 is 4.72 Å². The second-order valence-corrected chi connectivity index (χ2v) is 5.54. The first-order valence-corrected chi connectivity index (χ1v) is 6.26. The molecule has 0 saturated heterocycles. The van der Waals surface area contributed by atoms with Crippen LogP contribution in [0.15, 0.2) is 35.2 Å². The Morgan fingerprint density at radius 2 is 1.87 bits per heavy atom. The van der Waals surface area contributed by atoms with Crippen molar-refractivity contribution in [2.75, 3.05) is 6.61 Å². The number of aliphatic hydroxyl groups excluding tert-OH is 1. The van der Waals surface area contributed by atoms with Gasteiger partial charge in [0, 0.05) is 0 Å². The van der Waals surface area contributed by atoms with Crippen LogP contribution in [0.4, 0.5) is 0 Å². The van der Waals surface area contributed by atoms with Gasteiger partial charge in [0.2, 0.25) is 10.0 Å². The van der Waals surface area contributed by atoms with E-state index in [9.17, 15) is 8.42 Å². The maximum Gasteiger partial charge on any atom is 0.241 e. The average molecular weight is 227 g/mol. The molecule has 0 unspecified atom stereocenters. The highest BCUT2D eigenvalue weighted by atomic mass is 32.2. The number of rotatable bonds is 4. The molecule has 0 amide bonds. The summed E-state index contributed by atoms with van der Waals surface area (Å²) in [5.41, 5.74) is -0.603. The van der Waals surface area contributed by atoms with Crippen LogP contribution in [0.1, 0.15) is 12.8 Å². The number of benzene rings is 1. The van der Waals surface area contributed by atoms with Crippen molar-refractivity contribution in [3.05, 3.63) is 30.3 Å². The van der Waals surface area contributed by atoms with Crippen molar-refractivity contribution in [3.8, 4) is 0 Å². The molecule has 0 heterocycles. The Labute approximate surface area is 89.0 Å². The molecule has 1 aromatic carbocycles. The van der Waals surface area contributed by atoms with Gasteiger partial charge in [-0.2, -0.15) is 0 Å². The van der Waals surface area contributed by atoms with Gasteiger partial charge in [-0.05, 0) is 25.0 Å². The van der Waals surface area contributed by atoms with Crippen molar-refractivity contribution >= 4 is 10.0 Å². The Hall–Kier alpha value is -0.910. The second-order valence-electron chi connectivity index (χ2n) is 3.86. The van der Waals surface area contributed by atoms with Gasteiger partial charge in [0.25, 0.3) is 0 Å². The zero-order valence-electron chi connectivity index (χ0n) is 8.18. The summed E-state index contributed by atoms with van der Waals surface area (Å²) >= 11 is 0. The van der Waals surface area contributed by atoms with Crippen LogP contribution in [0.5, 0.6) is 0 Å². The van der Waals surface area contributed by atoms with Gasteiger partial charge in [0.15, 0.2) is 0 Å². The zero-order valence-corrected chi connectivity index (χ0v) is 9.00. The molecule has 4 nitrogen and oxygen atoms in total. The fourth-order valence-corrected chi connectivity index (χ4v) is 2.86. The van der Waals surface area contributed by atoms with E-state index in [0.717, 1.165) is 0 Å². The van der Waals surface area contributed by atoms with Crippen LogP contribution in [0.2, 0.25) is 0 Å². The monoisotopic (exact) mass is 227 g/mol. The second kappa shape index (κ2) is 3.59. The Balaban J connectivity index is 2.22. The SMILES string of the molecule is O=S(=O)(NC1(CO)CC1)c1ccccc1. The van der Waals surface area contributed by atoms with Gasteiger partial charge < -0.3 is 5.11 Å². The molecule has 0 radical (unpaired) electrons. The Bertz CT molecular complexity index is 437. The van der Waals surface area contributed by atoms with Crippen LogP contribution in [0, 0.1) is 0 Å². The third-order valence-corrected chi connectivity index (χ3v) is 4.16. The predicted molar refractivity (Wildman–Crippen MR) is 55.8 cm³/mol. The third kappa shape index (κ3) is 2.19. The van der Waals surface area contributed by atoms with E-state index >= 15 is 0 Å². The molecule has 1 aliphatic carbocycles. The molecule has 1 fully saturated rings. The summed E-state index contributed by atoms with van der Waals surface area (Å²) in [5.74, 6) is 0. The van der Waals surface area contributed by atoms with Crippen molar-refractivity contribution < 1.29 is 13.5 Å². The van der Waals surface area contributed by atoms with Gasteiger partial charge in [-0.15, -0.1) is 0 Å². The van der Waals surface area contributed by atoms with Gasteiger partial charge in [0.05, 0.1) is 17.0 Å². The van der Waals surface area contributed by atoms with Gasteiger partial charge in [0.1, 0.15) is 0 Å². The highest BCUT2D eigenvalue weighted by Crippen LogP contribution is 2.36. The Kier molecular flexibility index (Phi) is 2.54. The largest absolute Gasteiger partial charge is 0.394 e. The van der Waals surface area contributed by atoms with E-state index < -0.39 is 15.6 Å². The van der Waals surface area contributed by atoms with Crippen molar-refractivity contribution in [1.82, 2.24) is 4.72 Å². The number of sulfonamides is 1. The van der Waals surface area contributed by atoms with Crippen molar-refractivity contribution in [1.29, 1.82) is 0 Å². The van der Waals surface area contributed by atoms with Crippen molar-refractivity contribution in [2.45, 2.75) is 23.3 Å². The quantitative estimate of drug-likeness (QED) is 0.786. The molecule has 1 aromatic rings. The van der Waals surface area contributed by atoms with Gasteiger partial charge in [-0.3, -0.25) is 0 Å². The van der Waals surface area contributed by atoms with E-state index in [1.54, 1.807) is 18.2 Å². The van der Waals surface area contributed by atoms with Crippen LogP contribution in [0.3, 0.4) is 0 Å². The highest BCUT2D eigenvalue weighted by molar-refractivity contribution is 7.89. The molecule has 1 saturated carbocycles. The summed E-state index contributed by atoms with van der Waals surface area (Å²) in [6, 6.07) is 8.18. The molecule has 2 rings (SSSR count). The first-order valence-electron chi connectivity index (χ1n) is 4.78. The number of aliphatic hydroxyl groups is 1. The lowest BCUT2D eigenvalue weighted by atomic mass is 10.3. The van der Waals surface area contributed by atoms with Crippen molar-refractivity contribution in [2.24, 2.45) is 0 Å². The van der Waals surface area contributed by atoms with Crippen LogP contribution in [-0.2, 0) is 10.0 Å². The molecule has 0 aliphatic heterocycles. The lowest BCUT2D eigenvalue weighted by Gasteiger charge is -2.14. The van der Waals surface area contributed by atoms with E-state index in [4.69, 9.17) is 5.11 Å². The minimum absolute atomic E-state index is 0.140. The molecule has 0 atom stereocenters. The topological polar surface area (TPSA) is 66.4 Å². The summed E-state index contributed by atoms with van der Waals surface area (Å²) in [5, 5.41) is 9.04. The minimum atomic E-state index is -3.48. The smallest absolute Gasteiger partial charge is 0.241 e. The minimum Gasteiger partial charge on any atom is -0.394 e. The molecular formula is C10H13NO3S. The molecule has 0 spiro atoms. The predicted octanol–water partition coefficient (Wildman–Crippen LogP) is 0.490. The number of nitrogens with one attached hydrogen (secondary N) is 1. The zero-order chi connectivity index (χ0) is 10.9. The third-order valence-electron chi connectivity index (χ3n) is 2.56. The number of hydrogen-bond acceptors (Lipinski definition) is 3. The van der Waals surface area contributed by atoms with E-state index in [-0.39, 0.29) is 11.5 Å². The van der Waals surface area contributed by atoms with Crippen LogP contribution in [-0.4, -0.2) is 25.7 Å². The fraction of sp³-hybridized carbons (Fsp3) is 0.400. The van der Waals surface area contributed by atoms with Crippen molar-refractivity contribution in [3.63, 3.8) is 0 Å². The maximum atomic E-state index is 11.8. The normalized spacial score (nSPS) is 18.7. The van der Waals surface area contributed by atoms with Crippen LogP contribution >= 0.6 is 0 Å².